The lowest BCUT2D eigenvalue weighted by Gasteiger charge is -2.00. The molecule has 0 aliphatic rings. The molecule has 2 rings (SSSR count). The van der Waals surface area contributed by atoms with Gasteiger partial charge in [0.15, 0.2) is 0 Å². The van der Waals surface area contributed by atoms with E-state index in [2.05, 4.69) is 15.0 Å². The summed E-state index contributed by atoms with van der Waals surface area (Å²) in [5.41, 5.74) is 0.666. The molecule has 0 aliphatic heterocycles. The maximum Gasteiger partial charge on any atom is 0.269 e. The second kappa shape index (κ2) is 3.72. The Bertz CT molecular complexity index is 568. The Morgan fingerprint density at radius 3 is 2.73 bits per heavy atom. The molecule has 0 saturated heterocycles. The third kappa shape index (κ3) is 1.60. The molecule has 1 N–H and O–H groups in total. The maximum atomic E-state index is 11.3. The molecule has 0 atom stereocenters. The zero-order valence-electron chi connectivity index (χ0n) is 7.64. The van der Waals surface area contributed by atoms with E-state index in [-0.39, 0.29) is 5.56 Å². The van der Waals surface area contributed by atoms with Crippen LogP contribution in [0.15, 0.2) is 35.6 Å². The van der Waals surface area contributed by atoms with Crippen molar-refractivity contribution in [1.82, 2.24) is 15.0 Å². The van der Waals surface area contributed by atoms with Crippen molar-refractivity contribution in [3.8, 4) is 17.3 Å². The topological polar surface area (TPSA) is 82.4 Å². The molecular formula is C10H6N4O. The van der Waals surface area contributed by atoms with Gasteiger partial charge in [0.2, 0.25) is 0 Å². The Hall–Kier alpha value is -2.48. The first-order valence-electron chi connectivity index (χ1n) is 4.21. The van der Waals surface area contributed by atoms with E-state index in [1.807, 2.05) is 6.07 Å². The maximum absolute atomic E-state index is 11.3. The van der Waals surface area contributed by atoms with Crippen LogP contribution in [0.2, 0.25) is 0 Å². The highest BCUT2D eigenvalue weighted by atomic mass is 16.1. The van der Waals surface area contributed by atoms with Gasteiger partial charge in [0.25, 0.3) is 5.56 Å². The zero-order chi connectivity index (χ0) is 10.7. The largest absolute Gasteiger partial charge is 0.312 e. The fourth-order valence-corrected chi connectivity index (χ4v) is 1.23. The van der Waals surface area contributed by atoms with Crippen LogP contribution >= 0.6 is 0 Å². The van der Waals surface area contributed by atoms with E-state index in [9.17, 15) is 4.79 Å². The van der Waals surface area contributed by atoms with Crippen molar-refractivity contribution in [2.24, 2.45) is 0 Å². The van der Waals surface area contributed by atoms with Crippen LogP contribution in [0.4, 0.5) is 0 Å². The lowest BCUT2D eigenvalue weighted by Crippen LogP contribution is -2.12. The Labute approximate surface area is 85.1 Å². The lowest BCUT2D eigenvalue weighted by molar-refractivity contribution is 1.10. The molecule has 0 saturated carbocycles. The van der Waals surface area contributed by atoms with Gasteiger partial charge < -0.3 is 4.98 Å². The number of rotatable bonds is 1. The van der Waals surface area contributed by atoms with E-state index in [1.165, 1.54) is 6.33 Å². The van der Waals surface area contributed by atoms with Crippen molar-refractivity contribution in [3.05, 3.63) is 46.8 Å². The van der Waals surface area contributed by atoms with E-state index in [1.54, 1.807) is 24.5 Å². The highest BCUT2D eigenvalue weighted by Crippen LogP contribution is 2.16. The van der Waals surface area contributed by atoms with Crippen LogP contribution in [-0.2, 0) is 0 Å². The second-order valence-electron chi connectivity index (χ2n) is 2.80. The molecule has 15 heavy (non-hydrogen) atoms. The summed E-state index contributed by atoms with van der Waals surface area (Å²) >= 11 is 0. The number of nitrogens with zero attached hydrogens (tertiary/aromatic N) is 3. The summed E-state index contributed by atoms with van der Waals surface area (Å²) in [7, 11) is 0. The number of aromatic amines is 1. The first-order valence-corrected chi connectivity index (χ1v) is 4.21. The molecule has 0 aliphatic carbocycles. The predicted octanol–water partition coefficient (Wildman–Crippen LogP) is 0.704. The minimum absolute atomic E-state index is 0.0173. The molecule has 0 fully saturated rings. The summed E-state index contributed by atoms with van der Waals surface area (Å²) < 4.78 is 0. The number of pyridine rings is 1. The minimum atomic E-state index is -0.431. The minimum Gasteiger partial charge on any atom is -0.312 e. The van der Waals surface area contributed by atoms with Crippen LogP contribution in [-0.4, -0.2) is 15.0 Å². The third-order valence-corrected chi connectivity index (χ3v) is 1.92. The van der Waals surface area contributed by atoms with Crippen molar-refractivity contribution in [2.75, 3.05) is 0 Å². The van der Waals surface area contributed by atoms with Gasteiger partial charge in [0.05, 0.1) is 12.0 Å². The van der Waals surface area contributed by atoms with Gasteiger partial charge in [-0.05, 0) is 12.1 Å². The van der Waals surface area contributed by atoms with Crippen LogP contribution in [0.25, 0.3) is 11.3 Å². The molecule has 2 aromatic heterocycles. The van der Waals surface area contributed by atoms with Gasteiger partial charge >= 0.3 is 0 Å². The number of hydrogen-bond donors (Lipinski definition) is 1. The van der Waals surface area contributed by atoms with Crippen LogP contribution in [0.1, 0.15) is 5.56 Å². The van der Waals surface area contributed by atoms with E-state index >= 15 is 0 Å². The van der Waals surface area contributed by atoms with Crippen molar-refractivity contribution < 1.29 is 0 Å². The van der Waals surface area contributed by atoms with Gasteiger partial charge in [-0.25, -0.2) is 4.98 Å². The van der Waals surface area contributed by atoms with Crippen molar-refractivity contribution in [1.29, 1.82) is 5.26 Å². The summed E-state index contributed by atoms with van der Waals surface area (Å²) in [4.78, 5) is 21.5. The molecule has 2 aromatic rings. The molecule has 0 aromatic carbocycles. The molecule has 2 heterocycles. The molecule has 0 amide bonds. The fourth-order valence-electron chi connectivity index (χ4n) is 1.23. The molecule has 0 unspecified atom stereocenters. The Morgan fingerprint density at radius 1 is 1.33 bits per heavy atom. The van der Waals surface area contributed by atoms with Crippen molar-refractivity contribution in [2.45, 2.75) is 0 Å². The highest BCUT2D eigenvalue weighted by molar-refractivity contribution is 5.64. The summed E-state index contributed by atoms with van der Waals surface area (Å²) in [6, 6.07) is 5.23. The van der Waals surface area contributed by atoms with Gasteiger partial charge in [0.1, 0.15) is 11.6 Å². The van der Waals surface area contributed by atoms with Crippen LogP contribution in [0.5, 0.6) is 0 Å². The number of nitrogens with one attached hydrogen (secondary N) is 1. The highest BCUT2D eigenvalue weighted by Gasteiger charge is 2.09. The third-order valence-electron chi connectivity index (χ3n) is 1.92. The summed E-state index contributed by atoms with van der Waals surface area (Å²) in [5.74, 6) is 0. The Kier molecular flexibility index (Phi) is 2.25. The van der Waals surface area contributed by atoms with Gasteiger partial charge in [0, 0.05) is 18.0 Å². The standard InChI is InChI=1S/C10H6N4O/c11-5-8-9(13-6-14-10(8)15)7-1-3-12-4-2-7/h1-4,6H,(H,13,14,15). The Balaban J connectivity index is 2.70. The normalized spacial score (nSPS) is 9.53. The smallest absolute Gasteiger partial charge is 0.269 e. The lowest BCUT2D eigenvalue weighted by atomic mass is 10.1. The number of nitriles is 1. The molecular weight excluding hydrogens is 192 g/mol. The van der Waals surface area contributed by atoms with E-state index in [4.69, 9.17) is 5.26 Å². The summed E-state index contributed by atoms with van der Waals surface area (Å²) in [5, 5.41) is 8.83. The van der Waals surface area contributed by atoms with Gasteiger partial charge in [-0.15, -0.1) is 0 Å². The van der Waals surface area contributed by atoms with E-state index in [0.29, 0.717) is 11.3 Å². The van der Waals surface area contributed by atoms with Crippen LogP contribution in [0.3, 0.4) is 0 Å². The van der Waals surface area contributed by atoms with E-state index < -0.39 is 5.56 Å². The van der Waals surface area contributed by atoms with Gasteiger partial charge in [-0.3, -0.25) is 9.78 Å². The van der Waals surface area contributed by atoms with Gasteiger partial charge in [-0.1, -0.05) is 0 Å². The Morgan fingerprint density at radius 2 is 2.07 bits per heavy atom. The number of hydrogen-bond acceptors (Lipinski definition) is 4. The van der Waals surface area contributed by atoms with Crippen LogP contribution in [0, 0.1) is 11.3 Å². The average molecular weight is 198 g/mol. The second-order valence-corrected chi connectivity index (χ2v) is 2.80. The van der Waals surface area contributed by atoms with Gasteiger partial charge in [-0.2, -0.15) is 5.26 Å². The van der Waals surface area contributed by atoms with Crippen molar-refractivity contribution in [3.63, 3.8) is 0 Å². The number of H-pyrrole nitrogens is 1. The first kappa shape index (κ1) is 9.09. The fraction of sp³-hybridized carbons (Fsp3) is 0. The molecule has 0 spiro atoms. The quantitative estimate of drug-likeness (QED) is 0.731. The molecule has 0 bridgehead atoms. The van der Waals surface area contributed by atoms with E-state index in [0.717, 1.165) is 0 Å². The average Bonchev–Trinajstić information content (AvgIpc) is 2.30. The predicted molar refractivity (Wildman–Crippen MR) is 52.8 cm³/mol. The molecule has 5 nitrogen and oxygen atoms in total. The number of aromatic nitrogens is 3. The monoisotopic (exact) mass is 198 g/mol. The summed E-state index contributed by atoms with van der Waals surface area (Å²) in [6.07, 6.45) is 4.44. The molecule has 0 radical (unpaired) electrons. The van der Waals surface area contributed by atoms with Crippen LogP contribution < -0.4 is 5.56 Å². The van der Waals surface area contributed by atoms with Crippen molar-refractivity contribution >= 4 is 0 Å². The first-order chi connectivity index (χ1) is 7.33. The summed E-state index contributed by atoms with van der Waals surface area (Å²) in [6.45, 7) is 0. The SMILES string of the molecule is N#Cc1c(-c2ccncc2)nc[nH]c1=O. The molecule has 72 valence electrons. The zero-order valence-corrected chi connectivity index (χ0v) is 7.64. The molecule has 5 heteroatoms.